The molecule has 10 heteroatoms. The molecular formula is C13H9F5N2O2S. The molecule has 2 rings (SSSR count). The molecule has 23 heavy (non-hydrogen) atoms. The first kappa shape index (κ1) is 17.1. The third-order valence-corrected chi connectivity index (χ3v) is 4.22. The SMILES string of the molecule is CCc1cccc(NS(=O)(=O)c2c(F)c(F)c(F)c(F)c2F)n1. The predicted molar refractivity (Wildman–Crippen MR) is 70.7 cm³/mol. The van der Waals surface area contributed by atoms with Crippen molar-refractivity contribution in [3.8, 4) is 0 Å². The number of benzene rings is 1. The summed E-state index contributed by atoms with van der Waals surface area (Å²) in [6, 6.07) is 4.15. The average Bonchev–Trinajstić information content (AvgIpc) is 2.50. The number of hydrogen-bond donors (Lipinski definition) is 1. The molecule has 1 aromatic heterocycles. The van der Waals surface area contributed by atoms with E-state index in [0.29, 0.717) is 12.1 Å². The van der Waals surface area contributed by atoms with Crippen LogP contribution in [0.1, 0.15) is 12.6 Å². The highest BCUT2D eigenvalue weighted by atomic mass is 32.2. The molecule has 124 valence electrons. The fraction of sp³-hybridized carbons (Fsp3) is 0.154. The van der Waals surface area contributed by atoms with Crippen molar-refractivity contribution in [2.45, 2.75) is 18.2 Å². The highest BCUT2D eigenvalue weighted by Crippen LogP contribution is 2.27. The number of nitrogens with zero attached hydrogens (tertiary/aromatic N) is 1. The molecule has 0 saturated carbocycles. The lowest BCUT2D eigenvalue weighted by Crippen LogP contribution is -2.20. The molecule has 0 amide bonds. The lowest BCUT2D eigenvalue weighted by atomic mass is 10.3. The van der Waals surface area contributed by atoms with Crippen LogP contribution in [0.4, 0.5) is 27.8 Å². The minimum atomic E-state index is -5.07. The predicted octanol–water partition coefficient (Wildman–Crippen LogP) is 3.14. The second-order valence-electron chi connectivity index (χ2n) is 4.37. The molecule has 0 spiro atoms. The summed E-state index contributed by atoms with van der Waals surface area (Å²) in [4.78, 5) is 1.87. The summed E-state index contributed by atoms with van der Waals surface area (Å²) in [6.07, 6.45) is 0.443. The molecule has 0 aliphatic rings. The van der Waals surface area contributed by atoms with E-state index in [1.807, 2.05) is 0 Å². The summed E-state index contributed by atoms with van der Waals surface area (Å²) in [5, 5.41) is 0. The van der Waals surface area contributed by atoms with Gasteiger partial charge in [0.2, 0.25) is 5.82 Å². The lowest BCUT2D eigenvalue weighted by molar-refractivity contribution is 0.358. The van der Waals surface area contributed by atoms with Gasteiger partial charge in [-0.2, -0.15) is 0 Å². The highest BCUT2D eigenvalue weighted by molar-refractivity contribution is 7.92. The largest absolute Gasteiger partial charge is 0.269 e. The van der Waals surface area contributed by atoms with Gasteiger partial charge in [0.05, 0.1) is 0 Å². The van der Waals surface area contributed by atoms with Crippen molar-refractivity contribution in [2.24, 2.45) is 0 Å². The van der Waals surface area contributed by atoms with Gasteiger partial charge in [0, 0.05) is 5.69 Å². The summed E-state index contributed by atoms with van der Waals surface area (Å²) >= 11 is 0. The molecule has 0 unspecified atom stereocenters. The molecule has 2 aromatic rings. The first-order chi connectivity index (χ1) is 10.7. The van der Waals surface area contributed by atoms with Crippen molar-refractivity contribution >= 4 is 15.8 Å². The van der Waals surface area contributed by atoms with Crippen molar-refractivity contribution in [3.63, 3.8) is 0 Å². The van der Waals surface area contributed by atoms with Gasteiger partial charge in [0.1, 0.15) is 5.82 Å². The van der Waals surface area contributed by atoms with Gasteiger partial charge in [-0.15, -0.1) is 0 Å². The van der Waals surface area contributed by atoms with Crippen LogP contribution in [0.15, 0.2) is 23.1 Å². The van der Waals surface area contributed by atoms with Gasteiger partial charge in [0.25, 0.3) is 10.0 Å². The van der Waals surface area contributed by atoms with Crippen LogP contribution in [-0.2, 0) is 16.4 Å². The maximum Gasteiger partial charge on any atom is 0.269 e. The fourth-order valence-corrected chi connectivity index (χ4v) is 2.88. The Hall–Kier alpha value is -2.23. The van der Waals surface area contributed by atoms with Crippen LogP contribution in [0, 0.1) is 29.1 Å². The molecule has 1 heterocycles. The summed E-state index contributed by atoms with van der Waals surface area (Å²) in [7, 11) is -5.07. The average molecular weight is 352 g/mol. The molecule has 0 bridgehead atoms. The van der Waals surface area contributed by atoms with Crippen LogP contribution >= 0.6 is 0 Å². The Bertz CT molecular complexity index is 842. The van der Waals surface area contributed by atoms with Gasteiger partial charge in [-0.05, 0) is 18.6 Å². The minimum absolute atomic E-state index is 0.312. The Morgan fingerprint density at radius 1 is 0.957 bits per heavy atom. The Balaban J connectivity index is 2.56. The Morgan fingerprint density at radius 3 is 2.00 bits per heavy atom. The van der Waals surface area contributed by atoms with Crippen molar-refractivity contribution in [1.82, 2.24) is 4.98 Å². The van der Waals surface area contributed by atoms with E-state index in [-0.39, 0.29) is 5.82 Å². The standard InChI is InChI=1S/C13H9F5N2O2S/c1-2-6-4-3-5-7(19-6)20-23(21,22)13-11(17)9(15)8(14)10(16)12(13)18/h3-5H,2H2,1H3,(H,19,20). The second-order valence-corrected chi connectivity index (χ2v) is 5.99. The van der Waals surface area contributed by atoms with Crippen molar-refractivity contribution < 1.29 is 30.4 Å². The maximum absolute atomic E-state index is 13.6. The number of aromatic nitrogens is 1. The quantitative estimate of drug-likeness (QED) is 0.522. The summed E-state index contributed by atoms with van der Waals surface area (Å²) in [5.74, 6) is -12.3. The third-order valence-electron chi connectivity index (χ3n) is 2.85. The van der Waals surface area contributed by atoms with E-state index >= 15 is 0 Å². The minimum Gasteiger partial charge on any atom is -0.263 e. The molecule has 0 radical (unpaired) electrons. The summed E-state index contributed by atoms with van der Waals surface area (Å²) in [5.41, 5.74) is 0.461. The number of anilines is 1. The van der Waals surface area contributed by atoms with Crippen LogP contribution in [0.25, 0.3) is 0 Å². The molecular weight excluding hydrogens is 343 g/mol. The number of sulfonamides is 1. The van der Waals surface area contributed by atoms with Gasteiger partial charge in [-0.1, -0.05) is 13.0 Å². The van der Waals surface area contributed by atoms with Crippen LogP contribution in [0.5, 0.6) is 0 Å². The van der Waals surface area contributed by atoms with E-state index in [1.54, 1.807) is 17.7 Å². The molecule has 4 nitrogen and oxygen atoms in total. The number of nitrogens with one attached hydrogen (secondary N) is 1. The number of halogens is 5. The van der Waals surface area contributed by atoms with Gasteiger partial charge >= 0.3 is 0 Å². The summed E-state index contributed by atoms with van der Waals surface area (Å²) in [6.45, 7) is 1.73. The van der Waals surface area contributed by atoms with Crippen molar-refractivity contribution in [1.29, 1.82) is 0 Å². The normalized spacial score (nSPS) is 11.6. The molecule has 0 saturated heterocycles. The monoisotopic (exact) mass is 352 g/mol. The van der Waals surface area contributed by atoms with Crippen LogP contribution < -0.4 is 4.72 Å². The summed E-state index contributed by atoms with van der Waals surface area (Å²) < 4.78 is 92.0. The lowest BCUT2D eigenvalue weighted by Gasteiger charge is -2.11. The Labute approximate surface area is 128 Å². The van der Waals surface area contributed by atoms with E-state index in [0.717, 1.165) is 0 Å². The van der Waals surface area contributed by atoms with Gasteiger partial charge in [-0.3, -0.25) is 4.72 Å². The molecule has 0 fully saturated rings. The van der Waals surface area contributed by atoms with E-state index in [4.69, 9.17) is 0 Å². The Kier molecular flexibility index (Phi) is 4.55. The van der Waals surface area contributed by atoms with Crippen molar-refractivity contribution in [3.05, 3.63) is 53.0 Å². The van der Waals surface area contributed by atoms with Crippen molar-refractivity contribution in [2.75, 3.05) is 4.72 Å². The molecule has 1 N–H and O–H groups in total. The van der Waals surface area contributed by atoms with Gasteiger partial charge in [-0.25, -0.2) is 35.4 Å². The van der Waals surface area contributed by atoms with E-state index in [1.165, 1.54) is 12.1 Å². The first-order valence-electron chi connectivity index (χ1n) is 6.19. The van der Waals surface area contributed by atoms with Crippen LogP contribution in [0.3, 0.4) is 0 Å². The molecule has 0 atom stereocenters. The topological polar surface area (TPSA) is 59.1 Å². The first-order valence-corrected chi connectivity index (χ1v) is 7.67. The number of pyridine rings is 1. The smallest absolute Gasteiger partial charge is 0.263 e. The number of aryl methyl sites for hydroxylation is 1. The molecule has 0 aliphatic heterocycles. The fourth-order valence-electron chi connectivity index (χ4n) is 1.74. The van der Waals surface area contributed by atoms with Gasteiger partial charge < -0.3 is 0 Å². The second kappa shape index (κ2) is 6.11. The third kappa shape index (κ3) is 3.11. The maximum atomic E-state index is 13.6. The number of rotatable bonds is 4. The highest BCUT2D eigenvalue weighted by Gasteiger charge is 2.33. The van der Waals surface area contributed by atoms with E-state index in [9.17, 15) is 30.4 Å². The number of hydrogen-bond acceptors (Lipinski definition) is 3. The zero-order chi connectivity index (χ0) is 17.4. The Morgan fingerprint density at radius 2 is 1.48 bits per heavy atom. The van der Waals surface area contributed by atoms with Crippen LogP contribution in [0.2, 0.25) is 0 Å². The zero-order valence-electron chi connectivity index (χ0n) is 11.5. The van der Waals surface area contributed by atoms with Gasteiger partial charge in [0.15, 0.2) is 28.2 Å². The molecule has 1 aromatic carbocycles. The van der Waals surface area contributed by atoms with E-state index in [2.05, 4.69) is 4.98 Å². The van der Waals surface area contributed by atoms with Crippen LogP contribution in [-0.4, -0.2) is 13.4 Å². The molecule has 0 aliphatic carbocycles. The van der Waals surface area contributed by atoms with E-state index < -0.39 is 44.0 Å². The zero-order valence-corrected chi connectivity index (χ0v) is 12.3.